The third-order valence-electron chi connectivity index (χ3n) is 3.33. The molecule has 112 valence electrons. The average Bonchev–Trinajstić information content (AvgIpc) is 2.37. The topological polar surface area (TPSA) is 60.9 Å². The highest BCUT2D eigenvalue weighted by molar-refractivity contribution is 5.74. The summed E-state index contributed by atoms with van der Waals surface area (Å²) in [5.74, 6) is -0.814. The second-order valence-corrected chi connectivity index (χ2v) is 5.01. The molecule has 0 fully saturated rings. The maximum atomic E-state index is 12.3. The number of carbonyl (C=O) groups is 2. The van der Waals surface area contributed by atoms with Crippen LogP contribution >= 0.6 is 0 Å². The maximum absolute atomic E-state index is 12.3. The first-order valence-electron chi connectivity index (χ1n) is 7.17. The second kappa shape index (κ2) is 9.64. The zero-order chi connectivity index (χ0) is 14.8. The minimum Gasteiger partial charge on any atom is -0.481 e. The summed E-state index contributed by atoms with van der Waals surface area (Å²) in [6.07, 6.45) is 3.59. The smallest absolute Gasteiger partial charge is 0.319 e. The molecule has 0 aliphatic carbocycles. The Morgan fingerprint density at radius 2 is 1.79 bits per heavy atom. The maximum Gasteiger partial charge on any atom is 0.319 e. The third kappa shape index (κ3) is 7.03. The minimum atomic E-state index is -0.814. The molecule has 0 aromatic carbocycles. The molecule has 0 aliphatic heterocycles. The van der Waals surface area contributed by atoms with Crippen molar-refractivity contribution in [3.8, 4) is 0 Å². The van der Waals surface area contributed by atoms with Crippen molar-refractivity contribution in [2.45, 2.75) is 58.9 Å². The molecule has 0 aromatic heterocycles. The van der Waals surface area contributed by atoms with Gasteiger partial charge in [0.25, 0.3) is 0 Å². The van der Waals surface area contributed by atoms with Gasteiger partial charge in [-0.3, -0.25) is 4.79 Å². The molecule has 1 atom stereocenters. The molecule has 2 amide bonds. The summed E-state index contributed by atoms with van der Waals surface area (Å²) in [6, 6.07) is 0.231. The van der Waals surface area contributed by atoms with Crippen LogP contribution in [-0.4, -0.2) is 53.1 Å². The van der Waals surface area contributed by atoms with E-state index in [1.54, 1.807) is 11.9 Å². The average molecular weight is 272 g/mol. The predicted octanol–water partition coefficient (Wildman–Crippen LogP) is 2.80. The minimum absolute atomic E-state index is 0.00758. The van der Waals surface area contributed by atoms with E-state index < -0.39 is 5.97 Å². The number of urea groups is 1. The van der Waals surface area contributed by atoms with Crippen molar-refractivity contribution < 1.29 is 14.7 Å². The highest BCUT2D eigenvalue weighted by atomic mass is 16.4. The first-order valence-corrected chi connectivity index (χ1v) is 7.17. The lowest BCUT2D eigenvalue weighted by molar-refractivity contribution is -0.137. The lowest BCUT2D eigenvalue weighted by Crippen LogP contribution is -2.46. The second-order valence-electron chi connectivity index (χ2n) is 5.01. The van der Waals surface area contributed by atoms with Crippen molar-refractivity contribution in [1.29, 1.82) is 0 Å². The van der Waals surface area contributed by atoms with Crippen LogP contribution in [0.1, 0.15) is 52.9 Å². The van der Waals surface area contributed by atoms with Crippen LogP contribution in [0.4, 0.5) is 4.79 Å². The van der Waals surface area contributed by atoms with Crippen molar-refractivity contribution in [2.24, 2.45) is 0 Å². The van der Waals surface area contributed by atoms with E-state index in [0.29, 0.717) is 13.0 Å². The number of hydrogen-bond acceptors (Lipinski definition) is 2. The van der Waals surface area contributed by atoms with Crippen molar-refractivity contribution >= 4 is 12.0 Å². The van der Waals surface area contributed by atoms with Gasteiger partial charge in [0.2, 0.25) is 0 Å². The zero-order valence-electron chi connectivity index (χ0n) is 12.7. The molecule has 0 radical (unpaired) electrons. The van der Waals surface area contributed by atoms with Crippen LogP contribution in [0.15, 0.2) is 0 Å². The summed E-state index contributed by atoms with van der Waals surface area (Å²) in [6.45, 7) is 7.49. The van der Waals surface area contributed by atoms with Crippen molar-refractivity contribution in [3.63, 3.8) is 0 Å². The van der Waals surface area contributed by atoms with Gasteiger partial charge in [0.05, 0.1) is 0 Å². The number of nitrogens with zero attached hydrogens (tertiary/aromatic N) is 2. The molecule has 0 saturated heterocycles. The van der Waals surface area contributed by atoms with Crippen LogP contribution in [0.3, 0.4) is 0 Å². The summed E-state index contributed by atoms with van der Waals surface area (Å²) in [7, 11) is 1.74. The van der Waals surface area contributed by atoms with Gasteiger partial charge in [0, 0.05) is 32.6 Å². The molecule has 0 rings (SSSR count). The van der Waals surface area contributed by atoms with Gasteiger partial charge in [-0.15, -0.1) is 0 Å². The van der Waals surface area contributed by atoms with E-state index >= 15 is 0 Å². The molecule has 5 nitrogen and oxygen atoms in total. The molecule has 1 N–H and O–H groups in total. The standard InChI is InChI=1S/C14H28N2O3/c1-5-7-11-16(12(3)6-2)14(19)15(4)10-8-9-13(17)18/h12H,5-11H2,1-4H3,(H,17,18). The van der Waals surface area contributed by atoms with Gasteiger partial charge in [0.1, 0.15) is 0 Å². The molecule has 0 heterocycles. The van der Waals surface area contributed by atoms with Crippen LogP contribution in [0.2, 0.25) is 0 Å². The van der Waals surface area contributed by atoms with E-state index in [1.807, 2.05) is 4.90 Å². The molecule has 0 aliphatic rings. The lowest BCUT2D eigenvalue weighted by Gasteiger charge is -2.32. The highest BCUT2D eigenvalue weighted by Crippen LogP contribution is 2.09. The van der Waals surface area contributed by atoms with Gasteiger partial charge in [-0.05, 0) is 26.2 Å². The quantitative estimate of drug-likeness (QED) is 0.702. The third-order valence-corrected chi connectivity index (χ3v) is 3.33. The lowest BCUT2D eigenvalue weighted by atomic mass is 10.2. The molecule has 0 aromatic rings. The van der Waals surface area contributed by atoms with E-state index in [4.69, 9.17) is 5.11 Å². The molecule has 1 unspecified atom stereocenters. The Morgan fingerprint density at radius 3 is 2.26 bits per heavy atom. The van der Waals surface area contributed by atoms with Crippen LogP contribution in [0.5, 0.6) is 0 Å². The Kier molecular flexibility index (Phi) is 9.00. The van der Waals surface area contributed by atoms with Gasteiger partial charge in [0.15, 0.2) is 0 Å². The van der Waals surface area contributed by atoms with Crippen molar-refractivity contribution in [1.82, 2.24) is 9.80 Å². The fourth-order valence-corrected chi connectivity index (χ4v) is 1.84. The summed E-state index contributed by atoms with van der Waals surface area (Å²) < 4.78 is 0. The normalized spacial score (nSPS) is 12.0. The molecule has 5 heteroatoms. The first kappa shape index (κ1) is 17.7. The number of carboxylic acids is 1. The van der Waals surface area contributed by atoms with Crippen LogP contribution in [0.25, 0.3) is 0 Å². The summed E-state index contributed by atoms with van der Waals surface area (Å²) in [4.78, 5) is 26.3. The fourth-order valence-electron chi connectivity index (χ4n) is 1.84. The fraction of sp³-hybridized carbons (Fsp3) is 0.857. The van der Waals surface area contributed by atoms with Gasteiger partial charge >= 0.3 is 12.0 Å². The van der Waals surface area contributed by atoms with E-state index in [1.165, 1.54) is 0 Å². The molecule has 0 bridgehead atoms. The van der Waals surface area contributed by atoms with Gasteiger partial charge < -0.3 is 14.9 Å². The van der Waals surface area contributed by atoms with Crippen LogP contribution < -0.4 is 0 Å². The highest BCUT2D eigenvalue weighted by Gasteiger charge is 2.21. The Balaban J connectivity index is 4.38. The number of amides is 2. The van der Waals surface area contributed by atoms with Crippen LogP contribution in [0, 0.1) is 0 Å². The number of carboxylic acid groups (broad SMARTS) is 1. The van der Waals surface area contributed by atoms with Gasteiger partial charge in [-0.25, -0.2) is 4.79 Å². The van der Waals surface area contributed by atoms with E-state index in [9.17, 15) is 9.59 Å². The first-order chi connectivity index (χ1) is 8.93. The Morgan fingerprint density at radius 1 is 1.16 bits per heavy atom. The van der Waals surface area contributed by atoms with Crippen LogP contribution in [-0.2, 0) is 4.79 Å². The molecular weight excluding hydrogens is 244 g/mol. The monoisotopic (exact) mass is 272 g/mol. The number of unbranched alkanes of at least 4 members (excludes halogenated alkanes) is 1. The Labute approximate surface area is 116 Å². The zero-order valence-corrected chi connectivity index (χ0v) is 12.7. The number of carbonyl (C=O) groups excluding carboxylic acids is 1. The summed E-state index contributed by atoms with van der Waals surface area (Å²) in [5.41, 5.74) is 0. The number of rotatable bonds is 9. The summed E-state index contributed by atoms with van der Waals surface area (Å²) >= 11 is 0. The molecular formula is C14H28N2O3. The van der Waals surface area contributed by atoms with E-state index in [-0.39, 0.29) is 18.5 Å². The number of aliphatic carboxylic acids is 1. The molecule has 0 spiro atoms. The molecule has 0 saturated carbocycles. The Bertz CT molecular complexity index is 282. The van der Waals surface area contributed by atoms with E-state index in [0.717, 1.165) is 25.8 Å². The van der Waals surface area contributed by atoms with Crippen molar-refractivity contribution in [3.05, 3.63) is 0 Å². The largest absolute Gasteiger partial charge is 0.481 e. The van der Waals surface area contributed by atoms with Gasteiger partial charge in [-0.2, -0.15) is 0 Å². The Hall–Kier alpha value is -1.26. The predicted molar refractivity (Wildman–Crippen MR) is 76.3 cm³/mol. The van der Waals surface area contributed by atoms with E-state index in [2.05, 4.69) is 20.8 Å². The SMILES string of the molecule is CCCCN(C(=O)N(C)CCCC(=O)O)C(C)CC. The molecule has 19 heavy (non-hydrogen) atoms. The summed E-state index contributed by atoms with van der Waals surface area (Å²) in [5, 5.41) is 8.60. The number of hydrogen-bond donors (Lipinski definition) is 1. The van der Waals surface area contributed by atoms with Crippen molar-refractivity contribution in [2.75, 3.05) is 20.1 Å². The van der Waals surface area contributed by atoms with Gasteiger partial charge in [-0.1, -0.05) is 20.3 Å².